The van der Waals surface area contributed by atoms with Gasteiger partial charge in [0, 0.05) is 49.5 Å². The van der Waals surface area contributed by atoms with Crippen molar-refractivity contribution in [2.45, 2.75) is 102 Å². The Morgan fingerprint density at radius 2 is 1.66 bits per heavy atom. The molecule has 4 fully saturated rings. The summed E-state index contributed by atoms with van der Waals surface area (Å²) in [5.41, 5.74) is 4.03. The highest BCUT2D eigenvalue weighted by Crippen LogP contribution is 2.42. The van der Waals surface area contributed by atoms with Gasteiger partial charge in [-0.25, -0.2) is 9.18 Å². The van der Waals surface area contributed by atoms with Gasteiger partial charge in [-0.05, 0) is 87.1 Å². The van der Waals surface area contributed by atoms with Crippen molar-refractivity contribution in [1.29, 1.82) is 0 Å². The van der Waals surface area contributed by atoms with Gasteiger partial charge in [-0.2, -0.15) is 0 Å². The number of morpholine rings is 1. The normalized spacial score (nSPS) is 25.8. The molecule has 2 bridgehead atoms. The van der Waals surface area contributed by atoms with Crippen molar-refractivity contribution in [2.75, 3.05) is 36.1 Å². The van der Waals surface area contributed by atoms with Crippen LogP contribution >= 0.6 is 0 Å². The van der Waals surface area contributed by atoms with E-state index >= 15 is 4.39 Å². The summed E-state index contributed by atoms with van der Waals surface area (Å²) >= 11 is 0. The van der Waals surface area contributed by atoms with Gasteiger partial charge in [0.1, 0.15) is 5.82 Å². The molecular formula is C34H47FN4O2. The van der Waals surface area contributed by atoms with Crippen molar-refractivity contribution in [3.8, 4) is 0 Å². The minimum Gasteiger partial charge on any atom is -0.378 e. The summed E-state index contributed by atoms with van der Waals surface area (Å²) in [5, 5.41) is 3.31. The molecule has 1 N–H and O–H groups in total. The van der Waals surface area contributed by atoms with Crippen LogP contribution in [0.5, 0.6) is 0 Å². The molecule has 3 saturated heterocycles. The van der Waals surface area contributed by atoms with E-state index < -0.39 is 0 Å². The smallest absolute Gasteiger partial charge is 0.322 e. The van der Waals surface area contributed by atoms with Gasteiger partial charge in [0.05, 0.1) is 18.9 Å². The lowest BCUT2D eigenvalue weighted by atomic mass is 9.84. The van der Waals surface area contributed by atoms with Gasteiger partial charge in [-0.15, -0.1) is 0 Å². The third-order valence-corrected chi connectivity index (χ3v) is 10.3. The molecule has 0 radical (unpaired) electrons. The van der Waals surface area contributed by atoms with Crippen LogP contribution in [-0.2, 0) is 17.7 Å². The number of anilines is 2. The van der Waals surface area contributed by atoms with Crippen molar-refractivity contribution < 1.29 is 13.9 Å². The van der Waals surface area contributed by atoms with Crippen molar-refractivity contribution in [3.05, 3.63) is 59.4 Å². The van der Waals surface area contributed by atoms with Crippen molar-refractivity contribution in [2.24, 2.45) is 5.92 Å². The van der Waals surface area contributed by atoms with E-state index in [2.05, 4.69) is 48.3 Å². The van der Waals surface area contributed by atoms with E-state index in [1.165, 1.54) is 24.0 Å². The van der Waals surface area contributed by atoms with Crippen LogP contribution in [0.1, 0.15) is 76.3 Å². The molecule has 3 atom stereocenters. The van der Waals surface area contributed by atoms with E-state index in [0.29, 0.717) is 55.7 Å². The first kappa shape index (κ1) is 28.5. The van der Waals surface area contributed by atoms with E-state index in [1.807, 2.05) is 21.9 Å². The number of urea groups is 1. The molecule has 1 aliphatic carbocycles. The lowest BCUT2D eigenvalue weighted by Gasteiger charge is -2.44. The Kier molecular flexibility index (Phi) is 8.82. The highest BCUT2D eigenvalue weighted by molar-refractivity contribution is 5.93. The molecule has 6 nitrogen and oxygen atoms in total. The summed E-state index contributed by atoms with van der Waals surface area (Å²) in [6, 6.07) is 15.7. The Bertz CT molecular complexity index is 1160. The zero-order valence-electron chi connectivity index (χ0n) is 24.9. The molecule has 41 heavy (non-hydrogen) atoms. The number of fused-ring (bicyclic) bond motifs is 2. The fourth-order valence-corrected chi connectivity index (χ4v) is 7.83. The summed E-state index contributed by atoms with van der Waals surface area (Å²) in [4.78, 5) is 20.5. The second-order valence-electron chi connectivity index (χ2n) is 12.7. The highest BCUT2D eigenvalue weighted by Gasteiger charge is 2.44. The number of nitrogens with zero attached hydrogens (tertiary/aromatic N) is 3. The maximum atomic E-state index is 15.6. The molecule has 3 aliphatic heterocycles. The van der Waals surface area contributed by atoms with Gasteiger partial charge in [-0.1, -0.05) is 44.0 Å². The van der Waals surface area contributed by atoms with Crippen molar-refractivity contribution in [1.82, 2.24) is 10.2 Å². The third kappa shape index (κ3) is 6.26. The number of halogens is 1. The average Bonchev–Trinajstić information content (AvgIpc) is 3.57. The number of carbonyl (C=O) groups excluding carboxylic acids is 1. The van der Waals surface area contributed by atoms with Crippen LogP contribution in [0.3, 0.4) is 0 Å². The molecule has 2 aromatic carbocycles. The zero-order chi connectivity index (χ0) is 28.3. The number of ether oxygens (including phenoxy) is 1. The van der Waals surface area contributed by atoms with Crippen molar-refractivity contribution >= 4 is 17.4 Å². The van der Waals surface area contributed by atoms with E-state index in [4.69, 9.17) is 4.74 Å². The van der Waals surface area contributed by atoms with Crippen molar-refractivity contribution in [3.63, 3.8) is 0 Å². The Hall–Kier alpha value is -2.64. The van der Waals surface area contributed by atoms with Crippen LogP contribution in [0, 0.1) is 11.7 Å². The Morgan fingerprint density at radius 3 is 2.29 bits per heavy atom. The number of benzene rings is 2. The maximum Gasteiger partial charge on any atom is 0.322 e. The zero-order valence-corrected chi connectivity index (χ0v) is 24.9. The van der Waals surface area contributed by atoms with E-state index in [-0.39, 0.29) is 23.9 Å². The first-order valence-electron chi connectivity index (χ1n) is 16.1. The first-order chi connectivity index (χ1) is 20.0. The maximum absolute atomic E-state index is 15.6. The van der Waals surface area contributed by atoms with Crippen LogP contribution < -0.4 is 15.1 Å². The SMILES string of the molecule is CCc1ccc(CN2C3CCC2CC(C(C)N(C(=O)NC2CCCC2)c2ccc(N4CCOCC4)c(F)c2)C3)cc1. The monoisotopic (exact) mass is 562 g/mol. The van der Waals surface area contributed by atoms with Gasteiger partial charge in [0.2, 0.25) is 0 Å². The largest absolute Gasteiger partial charge is 0.378 e. The molecule has 0 spiro atoms. The predicted molar refractivity (Wildman–Crippen MR) is 163 cm³/mol. The standard InChI is InChI=1S/C34H47FN4O2/c1-3-25-8-10-26(11-9-25)23-38-29-12-13-30(38)21-27(20-29)24(2)39(34(40)36-28-6-4-5-7-28)31-14-15-33(32(35)22-31)37-16-18-41-19-17-37/h8-11,14-15,22,24,27-30H,3-7,12-13,16-21,23H2,1-2H3,(H,36,40). The van der Waals surface area contributed by atoms with Crippen LogP contribution in [0.25, 0.3) is 0 Å². The van der Waals surface area contributed by atoms with Crippen LogP contribution in [0.4, 0.5) is 20.6 Å². The number of hydrogen-bond donors (Lipinski definition) is 1. The number of aryl methyl sites for hydroxylation is 1. The quantitative estimate of drug-likeness (QED) is 0.398. The number of carbonyl (C=O) groups is 1. The van der Waals surface area contributed by atoms with Gasteiger partial charge in [0.25, 0.3) is 0 Å². The fraction of sp³-hybridized carbons (Fsp3) is 0.618. The number of hydrogen-bond acceptors (Lipinski definition) is 4. The molecule has 4 aliphatic rings. The van der Waals surface area contributed by atoms with Gasteiger partial charge < -0.3 is 15.0 Å². The second kappa shape index (κ2) is 12.7. The Morgan fingerprint density at radius 1 is 1.00 bits per heavy atom. The molecular weight excluding hydrogens is 515 g/mol. The van der Waals surface area contributed by atoms with Gasteiger partial charge in [-0.3, -0.25) is 9.80 Å². The molecule has 3 heterocycles. The summed E-state index contributed by atoms with van der Waals surface area (Å²) < 4.78 is 21.0. The fourth-order valence-electron chi connectivity index (χ4n) is 7.83. The molecule has 222 valence electrons. The summed E-state index contributed by atoms with van der Waals surface area (Å²) in [5.74, 6) is 0.113. The molecule has 6 rings (SSSR count). The molecule has 3 unspecified atom stereocenters. The minimum atomic E-state index is -0.265. The highest BCUT2D eigenvalue weighted by atomic mass is 19.1. The third-order valence-electron chi connectivity index (χ3n) is 10.3. The number of amides is 2. The van der Waals surface area contributed by atoms with E-state index in [0.717, 1.165) is 51.5 Å². The summed E-state index contributed by atoms with van der Waals surface area (Å²) in [6.45, 7) is 7.97. The second-order valence-corrected chi connectivity index (χ2v) is 12.7. The number of rotatable bonds is 8. The van der Waals surface area contributed by atoms with Gasteiger partial charge >= 0.3 is 6.03 Å². The van der Waals surface area contributed by atoms with Crippen LogP contribution in [-0.4, -0.2) is 61.4 Å². The molecule has 0 aromatic heterocycles. The Balaban J connectivity index is 1.20. The number of piperidine rings is 1. The lowest BCUT2D eigenvalue weighted by Crippen LogP contribution is -2.53. The van der Waals surface area contributed by atoms with Crippen LogP contribution in [0.2, 0.25) is 0 Å². The van der Waals surface area contributed by atoms with Crippen LogP contribution in [0.15, 0.2) is 42.5 Å². The molecule has 2 amide bonds. The predicted octanol–water partition coefficient (Wildman–Crippen LogP) is 6.52. The van der Waals surface area contributed by atoms with E-state index in [1.54, 1.807) is 6.07 Å². The van der Waals surface area contributed by atoms with E-state index in [9.17, 15) is 4.79 Å². The van der Waals surface area contributed by atoms with Gasteiger partial charge in [0.15, 0.2) is 0 Å². The first-order valence-corrected chi connectivity index (χ1v) is 16.1. The topological polar surface area (TPSA) is 48.0 Å². The number of nitrogens with one attached hydrogen (secondary N) is 1. The summed E-state index contributed by atoms with van der Waals surface area (Å²) in [7, 11) is 0. The average molecular weight is 563 g/mol. The lowest BCUT2D eigenvalue weighted by molar-refractivity contribution is 0.0876. The molecule has 1 saturated carbocycles. The minimum absolute atomic E-state index is 0.0147. The Labute approximate surface area is 245 Å². The molecule has 2 aromatic rings. The summed E-state index contributed by atoms with van der Waals surface area (Å²) in [6.07, 6.45) is 10.0. The molecule has 7 heteroatoms.